The maximum atomic E-state index is 11.3. The van der Waals surface area contributed by atoms with Gasteiger partial charge in [-0.3, -0.25) is 0 Å². The molecule has 2 aromatic rings. The number of nitrogens with zero attached hydrogens (tertiary/aromatic N) is 1. The Kier molecular flexibility index (Phi) is 5.39. The lowest BCUT2D eigenvalue weighted by Gasteiger charge is -2.14. The summed E-state index contributed by atoms with van der Waals surface area (Å²) in [5, 5.41) is 21.7. The molecule has 0 saturated carbocycles. The summed E-state index contributed by atoms with van der Waals surface area (Å²) in [6.45, 7) is 8.15. The van der Waals surface area contributed by atoms with E-state index in [1.165, 1.54) is 6.07 Å². The van der Waals surface area contributed by atoms with Crippen LogP contribution in [0, 0.1) is 17.2 Å². The van der Waals surface area contributed by atoms with Gasteiger partial charge in [0.25, 0.3) is 0 Å². The first-order chi connectivity index (χ1) is 11.4. The topological polar surface area (TPSA) is 73.1 Å². The summed E-state index contributed by atoms with van der Waals surface area (Å²) in [5.41, 5.74) is 3.53. The standard InChI is InChI=1S/C20H20N2O2/c1-13(2)10-15-8-9-17(11-16(15)12-21)22-14(3)18-6-4-5-7-19(18)20(23)24/h4-9,11,13,22H,3,10H2,1-2H3,(H,23,24). The van der Waals surface area contributed by atoms with Gasteiger partial charge in [0.2, 0.25) is 0 Å². The highest BCUT2D eigenvalue weighted by molar-refractivity contribution is 5.95. The summed E-state index contributed by atoms with van der Waals surface area (Å²) in [7, 11) is 0. The molecule has 0 radical (unpaired) electrons. The second kappa shape index (κ2) is 7.47. The number of rotatable bonds is 6. The third kappa shape index (κ3) is 4.02. The molecule has 0 atom stereocenters. The van der Waals surface area contributed by atoms with E-state index in [0.29, 0.717) is 28.4 Å². The predicted octanol–water partition coefficient (Wildman–Crippen LogP) is 4.54. The molecule has 0 bridgehead atoms. The van der Waals surface area contributed by atoms with Gasteiger partial charge < -0.3 is 10.4 Å². The zero-order chi connectivity index (χ0) is 17.7. The molecule has 0 amide bonds. The molecule has 0 heterocycles. The Hall–Kier alpha value is -3.06. The van der Waals surface area contributed by atoms with Crippen molar-refractivity contribution in [3.8, 4) is 6.07 Å². The van der Waals surface area contributed by atoms with Crippen molar-refractivity contribution in [1.82, 2.24) is 0 Å². The van der Waals surface area contributed by atoms with Crippen LogP contribution in [-0.4, -0.2) is 11.1 Å². The SMILES string of the molecule is C=C(Nc1ccc(CC(C)C)c(C#N)c1)c1ccccc1C(=O)O. The second-order valence-corrected chi connectivity index (χ2v) is 6.04. The van der Waals surface area contributed by atoms with Gasteiger partial charge in [0, 0.05) is 16.9 Å². The van der Waals surface area contributed by atoms with Crippen LogP contribution in [0.1, 0.15) is 40.9 Å². The molecule has 2 N–H and O–H groups in total. The summed E-state index contributed by atoms with van der Waals surface area (Å²) in [6.07, 6.45) is 0.839. The second-order valence-electron chi connectivity index (χ2n) is 6.04. The molecule has 2 rings (SSSR count). The van der Waals surface area contributed by atoms with Crippen molar-refractivity contribution in [2.75, 3.05) is 5.32 Å². The lowest BCUT2D eigenvalue weighted by Crippen LogP contribution is -2.06. The third-order valence-corrected chi connectivity index (χ3v) is 3.64. The lowest BCUT2D eigenvalue weighted by atomic mass is 9.98. The highest BCUT2D eigenvalue weighted by Gasteiger charge is 2.12. The molecule has 0 aliphatic carbocycles. The van der Waals surface area contributed by atoms with Gasteiger partial charge in [0.1, 0.15) is 0 Å². The normalized spacial score (nSPS) is 10.2. The number of carbonyl (C=O) groups is 1. The van der Waals surface area contributed by atoms with Crippen molar-refractivity contribution < 1.29 is 9.90 Å². The molecular formula is C20H20N2O2. The first-order valence-corrected chi connectivity index (χ1v) is 7.74. The molecule has 0 spiro atoms. The molecule has 0 aromatic heterocycles. The van der Waals surface area contributed by atoms with Crippen molar-refractivity contribution in [3.05, 3.63) is 71.3 Å². The molecule has 0 aliphatic rings. The van der Waals surface area contributed by atoms with Crippen LogP contribution in [0.4, 0.5) is 5.69 Å². The van der Waals surface area contributed by atoms with Crippen LogP contribution in [0.5, 0.6) is 0 Å². The number of aromatic carboxylic acids is 1. The van der Waals surface area contributed by atoms with Crippen LogP contribution in [-0.2, 0) is 6.42 Å². The fourth-order valence-corrected chi connectivity index (χ4v) is 2.55. The Morgan fingerprint density at radius 3 is 2.50 bits per heavy atom. The minimum atomic E-state index is -1.00. The Bertz CT molecular complexity index is 817. The van der Waals surface area contributed by atoms with Crippen LogP contribution in [0.3, 0.4) is 0 Å². The van der Waals surface area contributed by atoms with Gasteiger partial charge >= 0.3 is 5.97 Å². The summed E-state index contributed by atoms with van der Waals surface area (Å²) in [4.78, 5) is 11.3. The van der Waals surface area contributed by atoms with Gasteiger partial charge in [-0.05, 0) is 36.1 Å². The fourth-order valence-electron chi connectivity index (χ4n) is 2.55. The lowest BCUT2D eigenvalue weighted by molar-refractivity contribution is 0.0696. The van der Waals surface area contributed by atoms with Gasteiger partial charge in [-0.1, -0.05) is 44.7 Å². The quantitative estimate of drug-likeness (QED) is 0.819. The molecule has 0 unspecified atom stereocenters. The minimum Gasteiger partial charge on any atom is -0.478 e. The van der Waals surface area contributed by atoms with E-state index in [9.17, 15) is 15.2 Å². The smallest absolute Gasteiger partial charge is 0.336 e. The van der Waals surface area contributed by atoms with Crippen LogP contribution in [0.25, 0.3) is 5.70 Å². The Morgan fingerprint density at radius 1 is 1.25 bits per heavy atom. The molecule has 0 aliphatic heterocycles. The first-order valence-electron chi connectivity index (χ1n) is 7.74. The molecule has 4 heteroatoms. The molecule has 4 nitrogen and oxygen atoms in total. The van der Waals surface area contributed by atoms with E-state index in [1.807, 2.05) is 12.1 Å². The van der Waals surface area contributed by atoms with E-state index in [0.717, 1.165) is 12.0 Å². The van der Waals surface area contributed by atoms with Crippen molar-refractivity contribution in [2.24, 2.45) is 5.92 Å². The highest BCUT2D eigenvalue weighted by Crippen LogP contribution is 2.23. The molecular weight excluding hydrogens is 300 g/mol. The van der Waals surface area contributed by atoms with Crippen LogP contribution < -0.4 is 5.32 Å². The van der Waals surface area contributed by atoms with Gasteiger partial charge in [0.05, 0.1) is 17.2 Å². The number of nitriles is 1. The summed E-state index contributed by atoms with van der Waals surface area (Å²) in [6, 6.07) is 14.5. The number of nitrogens with one attached hydrogen (secondary N) is 1. The highest BCUT2D eigenvalue weighted by atomic mass is 16.4. The zero-order valence-electron chi connectivity index (χ0n) is 13.8. The van der Waals surface area contributed by atoms with Gasteiger partial charge in [-0.15, -0.1) is 0 Å². The van der Waals surface area contributed by atoms with E-state index >= 15 is 0 Å². The fraction of sp³-hybridized carbons (Fsp3) is 0.200. The number of hydrogen-bond donors (Lipinski definition) is 2. The van der Waals surface area contributed by atoms with E-state index in [-0.39, 0.29) is 5.56 Å². The molecule has 24 heavy (non-hydrogen) atoms. The van der Waals surface area contributed by atoms with Gasteiger partial charge in [-0.25, -0.2) is 4.79 Å². The predicted molar refractivity (Wildman–Crippen MR) is 95.8 cm³/mol. The van der Waals surface area contributed by atoms with Crippen molar-refractivity contribution in [1.29, 1.82) is 5.26 Å². The zero-order valence-corrected chi connectivity index (χ0v) is 13.8. The Labute approximate surface area is 142 Å². The largest absolute Gasteiger partial charge is 0.478 e. The average molecular weight is 320 g/mol. The number of hydrogen-bond acceptors (Lipinski definition) is 3. The molecule has 0 saturated heterocycles. The monoisotopic (exact) mass is 320 g/mol. The first kappa shape index (κ1) is 17.3. The van der Waals surface area contributed by atoms with Crippen LogP contribution in [0.2, 0.25) is 0 Å². The molecule has 122 valence electrons. The van der Waals surface area contributed by atoms with Gasteiger partial charge in [0.15, 0.2) is 0 Å². The summed E-state index contributed by atoms with van der Waals surface area (Å²) in [5.74, 6) is -0.535. The van der Waals surface area contributed by atoms with Gasteiger partial charge in [-0.2, -0.15) is 5.26 Å². The number of anilines is 1. The van der Waals surface area contributed by atoms with E-state index in [2.05, 4.69) is 31.8 Å². The number of carboxylic acid groups (broad SMARTS) is 1. The van der Waals surface area contributed by atoms with Crippen molar-refractivity contribution in [2.45, 2.75) is 20.3 Å². The Balaban J connectivity index is 2.27. The van der Waals surface area contributed by atoms with E-state index < -0.39 is 5.97 Å². The maximum absolute atomic E-state index is 11.3. The number of carboxylic acids is 1. The number of benzene rings is 2. The van der Waals surface area contributed by atoms with E-state index in [4.69, 9.17) is 0 Å². The van der Waals surface area contributed by atoms with Crippen LogP contribution >= 0.6 is 0 Å². The average Bonchev–Trinajstić information content (AvgIpc) is 2.55. The minimum absolute atomic E-state index is 0.187. The summed E-state index contributed by atoms with van der Waals surface area (Å²) >= 11 is 0. The third-order valence-electron chi connectivity index (χ3n) is 3.64. The Morgan fingerprint density at radius 2 is 1.92 bits per heavy atom. The summed E-state index contributed by atoms with van der Waals surface area (Å²) < 4.78 is 0. The van der Waals surface area contributed by atoms with Crippen molar-refractivity contribution >= 4 is 17.4 Å². The maximum Gasteiger partial charge on any atom is 0.336 e. The molecule has 0 fully saturated rings. The van der Waals surface area contributed by atoms with Crippen LogP contribution in [0.15, 0.2) is 49.0 Å². The van der Waals surface area contributed by atoms with E-state index in [1.54, 1.807) is 24.3 Å². The molecule has 2 aromatic carbocycles. The van der Waals surface area contributed by atoms with Crippen molar-refractivity contribution in [3.63, 3.8) is 0 Å².